The van der Waals surface area contributed by atoms with Crippen molar-refractivity contribution in [3.05, 3.63) is 0 Å². The zero-order chi connectivity index (χ0) is 63.9. The number of aliphatic hydroxyl groups excluding tert-OH is 1. The minimum atomic E-state index is -4.95. The molecule has 0 aromatic rings. The highest BCUT2D eigenvalue weighted by atomic mass is 31.2. The highest BCUT2D eigenvalue weighted by Gasteiger charge is 2.30. The molecule has 0 saturated carbocycles. The summed E-state index contributed by atoms with van der Waals surface area (Å²) in [5, 5.41) is 10.6. The summed E-state index contributed by atoms with van der Waals surface area (Å²) in [5.41, 5.74) is 0. The van der Waals surface area contributed by atoms with Crippen LogP contribution in [0, 0.1) is 23.7 Å². The van der Waals surface area contributed by atoms with E-state index in [9.17, 15) is 43.2 Å². The number of carbonyl (C=O) groups is 4. The zero-order valence-corrected chi connectivity index (χ0v) is 57.7. The molecule has 0 aliphatic rings. The van der Waals surface area contributed by atoms with Crippen molar-refractivity contribution in [2.75, 3.05) is 39.6 Å². The monoisotopic (exact) mass is 1270 g/mol. The molecule has 0 fully saturated rings. The van der Waals surface area contributed by atoms with E-state index >= 15 is 0 Å². The number of carbonyl (C=O) groups excluding carboxylic acids is 4. The Morgan fingerprint density at radius 2 is 0.558 bits per heavy atom. The molecule has 0 radical (unpaired) electrons. The van der Waals surface area contributed by atoms with Gasteiger partial charge in [0.25, 0.3) is 0 Å². The van der Waals surface area contributed by atoms with E-state index in [2.05, 4.69) is 55.4 Å². The van der Waals surface area contributed by atoms with Crippen molar-refractivity contribution in [2.45, 2.75) is 343 Å². The average Bonchev–Trinajstić information content (AvgIpc) is 3.64. The number of ether oxygens (including phenoxy) is 4. The summed E-state index contributed by atoms with van der Waals surface area (Å²) in [6, 6.07) is 0. The molecule has 0 saturated heterocycles. The van der Waals surface area contributed by atoms with Crippen LogP contribution in [0.2, 0.25) is 0 Å². The lowest BCUT2D eigenvalue weighted by atomic mass is 10.00. The molecule has 4 unspecified atom stereocenters. The smallest absolute Gasteiger partial charge is 0.462 e. The van der Waals surface area contributed by atoms with Crippen LogP contribution in [0.4, 0.5) is 0 Å². The number of unbranched alkanes of at least 4 members (excludes halogenated alkanes) is 29. The first-order valence-electron chi connectivity index (χ1n) is 34.7. The predicted molar refractivity (Wildman–Crippen MR) is 344 cm³/mol. The molecule has 0 aromatic carbocycles. The summed E-state index contributed by atoms with van der Waals surface area (Å²) in [4.78, 5) is 72.3. The molecule has 3 N–H and O–H groups in total. The quantitative estimate of drug-likeness (QED) is 0.0222. The number of hydrogen-bond donors (Lipinski definition) is 3. The summed E-state index contributed by atoms with van der Waals surface area (Å²) in [6.45, 7) is 14.0. The van der Waals surface area contributed by atoms with Crippen LogP contribution in [0.3, 0.4) is 0 Å². The Morgan fingerprint density at radius 1 is 0.326 bits per heavy atom. The van der Waals surface area contributed by atoms with Crippen LogP contribution >= 0.6 is 15.6 Å². The van der Waals surface area contributed by atoms with Crippen LogP contribution in [0.5, 0.6) is 0 Å². The molecule has 17 nitrogen and oxygen atoms in total. The number of esters is 4. The van der Waals surface area contributed by atoms with Gasteiger partial charge in [-0.15, -0.1) is 0 Å². The van der Waals surface area contributed by atoms with Crippen molar-refractivity contribution >= 4 is 39.5 Å². The third kappa shape index (κ3) is 59.7. The van der Waals surface area contributed by atoms with Gasteiger partial charge in [0.05, 0.1) is 26.4 Å². The normalized spacial score (nSPS) is 14.7. The molecule has 0 amide bonds. The first-order chi connectivity index (χ1) is 41.1. The van der Waals surface area contributed by atoms with Crippen LogP contribution in [0.15, 0.2) is 0 Å². The maximum absolute atomic E-state index is 13.0. The Labute approximate surface area is 524 Å². The Morgan fingerprint density at radius 3 is 0.826 bits per heavy atom. The molecule has 6 atom stereocenters. The standard InChI is InChI=1S/C67H130O17P2/c1-9-60(8)46-38-30-25-26-34-42-50-67(72)84-63(54-78-65(70)48-40-32-23-17-20-28-36-44-58(4)5)56-82-86(75,76)80-52-61(68)51-79-85(73,74)81-55-62(83-66(71)49-41-33-24-18-21-29-37-45-59(6)7)53-77-64(69)47-39-31-22-16-14-12-10-11-13-15-19-27-35-43-57(2)3/h57-63,68H,9-56H2,1-8H3,(H,73,74)(H,75,76)/t60?,61?,62-,63-/m1/s1. The van der Waals surface area contributed by atoms with Gasteiger partial charge in [-0.2, -0.15) is 0 Å². The number of phosphoric acid groups is 2. The topological polar surface area (TPSA) is 237 Å². The van der Waals surface area contributed by atoms with Crippen LogP contribution < -0.4 is 0 Å². The van der Waals surface area contributed by atoms with E-state index in [-0.39, 0.29) is 25.7 Å². The Balaban J connectivity index is 5.21. The molecule has 0 rings (SSSR count). The van der Waals surface area contributed by atoms with E-state index in [0.29, 0.717) is 37.5 Å². The van der Waals surface area contributed by atoms with E-state index in [1.165, 1.54) is 122 Å². The molecule has 86 heavy (non-hydrogen) atoms. The average molecular weight is 1270 g/mol. The van der Waals surface area contributed by atoms with E-state index < -0.39 is 97.5 Å². The molecule has 0 aliphatic heterocycles. The molecule has 0 bridgehead atoms. The lowest BCUT2D eigenvalue weighted by Crippen LogP contribution is -2.30. The summed E-state index contributed by atoms with van der Waals surface area (Å²) >= 11 is 0. The molecular weight excluding hydrogens is 1140 g/mol. The molecule has 0 aliphatic carbocycles. The fourth-order valence-electron chi connectivity index (χ4n) is 9.93. The molecule has 0 spiro atoms. The summed E-state index contributed by atoms with van der Waals surface area (Å²) in [5.74, 6) is 0.773. The van der Waals surface area contributed by atoms with Crippen LogP contribution in [-0.2, 0) is 65.4 Å². The molecule has 0 heterocycles. The highest BCUT2D eigenvalue weighted by Crippen LogP contribution is 2.45. The second kappa shape index (κ2) is 57.0. The second-order valence-corrected chi connectivity index (χ2v) is 28.8. The van der Waals surface area contributed by atoms with Gasteiger partial charge in [0.15, 0.2) is 12.2 Å². The first-order valence-corrected chi connectivity index (χ1v) is 37.7. The lowest BCUT2D eigenvalue weighted by molar-refractivity contribution is -0.161. The van der Waals surface area contributed by atoms with Gasteiger partial charge in [0, 0.05) is 25.7 Å². The third-order valence-electron chi connectivity index (χ3n) is 15.7. The van der Waals surface area contributed by atoms with Gasteiger partial charge in [-0.3, -0.25) is 37.3 Å². The zero-order valence-electron chi connectivity index (χ0n) is 55.9. The van der Waals surface area contributed by atoms with Gasteiger partial charge in [-0.25, -0.2) is 9.13 Å². The van der Waals surface area contributed by atoms with Crippen molar-refractivity contribution in [2.24, 2.45) is 23.7 Å². The van der Waals surface area contributed by atoms with E-state index in [1.807, 2.05) is 0 Å². The first kappa shape index (κ1) is 84.1. The van der Waals surface area contributed by atoms with Crippen LogP contribution in [0.25, 0.3) is 0 Å². The molecule has 19 heteroatoms. The highest BCUT2D eigenvalue weighted by molar-refractivity contribution is 7.47. The maximum Gasteiger partial charge on any atom is 0.472 e. The van der Waals surface area contributed by atoms with E-state index in [4.69, 9.17) is 37.0 Å². The van der Waals surface area contributed by atoms with Crippen molar-refractivity contribution in [1.29, 1.82) is 0 Å². The minimum absolute atomic E-state index is 0.102. The van der Waals surface area contributed by atoms with Gasteiger partial charge in [-0.05, 0) is 49.4 Å². The lowest BCUT2D eigenvalue weighted by Gasteiger charge is -2.21. The Kier molecular flexibility index (Phi) is 55.7. The van der Waals surface area contributed by atoms with Gasteiger partial charge in [0.2, 0.25) is 0 Å². The number of hydrogen-bond acceptors (Lipinski definition) is 15. The number of phosphoric ester groups is 2. The summed E-state index contributed by atoms with van der Waals surface area (Å²) < 4.78 is 68.1. The van der Waals surface area contributed by atoms with Gasteiger partial charge < -0.3 is 33.8 Å². The van der Waals surface area contributed by atoms with Crippen LogP contribution in [-0.4, -0.2) is 96.7 Å². The van der Waals surface area contributed by atoms with E-state index in [1.54, 1.807) is 0 Å². The van der Waals surface area contributed by atoms with Gasteiger partial charge >= 0.3 is 39.5 Å². The van der Waals surface area contributed by atoms with Crippen molar-refractivity contribution in [1.82, 2.24) is 0 Å². The van der Waals surface area contributed by atoms with Crippen molar-refractivity contribution in [3.63, 3.8) is 0 Å². The fraction of sp³-hybridized carbons (Fsp3) is 0.940. The largest absolute Gasteiger partial charge is 0.472 e. The van der Waals surface area contributed by atoms with Crippen molar-refractivity contribution < 1.29 is 80.2 Å². The maximum atomic E-state index is 13.0. The summed E-state index contributed by atoms with van der Waals surface area (Å²) in [7, 11) is -9.89. The van der Waals surface area contributed by atoms with Crippen molar-refractivity contribution in [3.8, 4) is 0 Å². The minimum Gasteiger partial charge on any atom is -0.462 e. The second-order valence-electron chi connectivity index (χ2n) is 25.9. The number of aliphatic hydroxyl groups is 1. The summed E-state index contributed by atoms with van der Waals surface area (Å²) in [6.07, 6.45) is 37.8. The van der Waals surface area contributed by atoms with Crippen LogP contribution in [0.1, 0.15) is 325 Å². The van der Waals surface area contributed by atoms with Gasteiger partial charge in [0.1, 0.15) is 19.3 Å². The Bertz CT molecular complexity index is 1720. The molecular formula is C67H130O17P2. The Hall–Kier alpha value is -1.94. The third-order valence-corrected chi connectivity index (χ3v) is 17.6. The SMILES string of the molecule is CCC(C)CCCCCCCCC(=O)O[C@H](COC(=O)CCCCCCCCCC(C)C)COP(=O)(O)OCC(O)COP(=O)(O)OC[C@@H](COC(=O)CCCCCCCCCCCCCCCC(C)C)OC(=O)CCCCCCCCCC(C)C. The van der Waals surface area contributed by atoms with Gasteiger partial charge in [-0.1, -0.05) is 274 Å². The fourth-order valence-corrected chi connectivity index (χ4v) is 11.5. The van der Waals surface area contributed by atoms with E-state index in [0.717, 1.165) is 108 Å². The molecule has 510 valence electrons. The molecule has 0 aromatic heterocycles. The number of rotatable bonds is 64. The predicted octanol–water partition coefficient (Wildman–Crippen LogP) is 18.5.